The average Bonchev–Trinajstić information content (AvgIpc) is 2.82. The minimum absolute atomic E-state index is 0.241. The Morgan fingerprint density at radius 2 is 2.00 bits per heavy atom. The van der Waals surface area contributed by atoms with E-state index < -0.39 is 0 Å². The van der Waals surface area contributed by atoms with Gasteiger partial charge in [-0.3, -0.25) is 4.68 Å². The second-order valence-corrected chi connectivity index (χ2v) is 6.75. The number of likely N-dealkylation sites (N-methyl/N-ethyl adjacent to an activating group) is 1. The van der Waals surface area contributed by atoms with Gasteiger partial charge in [-0.15, -0.1) is 0 Å². The lowest BCUT2D eigenvalue weighted by atomic mass is 9.97. The molecule has 1 heterocycles. The molecule has 0 bridgehead atoms. The minimum atomic E-state index is 0.241. The van der Waals surface area contributed by atoms with E-state index in [4.69, 9.17) is 0 Å². The van der Waals surface area contributed by atoms with Crippen LogP contribution < -0.4 is 5.32 Å². The number of halogens is 1. The normalized spacial score (nSPS) is 12.9. The molecule has 0 saturated carbocycles. The first-order valence-corrected chi connectivity index (χ1v) is 8.19. The lowest BCUT2D eigenvalue weighted by Gasteiger charge is -2.22. The summed E-state index contributed by atoms with van der Waals surface area (Å²) in [5.41, 5.74) is 5.25. The van der Waals surface area contributed by atoms with Gasteiger partial charge >= 0.3 is 0 Å². The third-order valence-electron chi connectivity index (χ3n) is 3.88. The smallest absolute Gasteiger partial charge is 0.0702 e. The topological polar surface area (TPSA) is 29.9 Å². The summed E-state index contributed by atoms with van der Waals surface area (Å²) in [7, 11) is 2.01. The van der Waals surface area contributed by atoms with E-state index in [1.165, 1.54) is 22.4 Å². The Morgan fingerprint density at radius 3 is 2.62 bits per heavy atom. The quantitative estimate of drug-likeness (QED) is 0.869. The average molecular weight is 350 g/mol. The summed E-state index contributed by atoms with van der Waals surface area (Å²) in [4.78, 5) is 0. The molecule has 21 heavy (non-hydrogen) atoms. The Morgan fingerprint density at radius 1 is 1.29 bits per heavy atom. The number of aromatic nitrogens is 2. The molecule has 0 aliphatic rings. The van der Waals surface area contributed by atoms with Crippen LogP contribution in [0.25, 0.3) is 0 Å². The van der Waals surface area contributed by atoms with Crippen LogP contribution in [0.5, 0.6) is 0 Å². The van der Waals surface area contributed by atoms with Crippen molar-refractivity contribution in [3.05, 3.63) is 51.3 Å². The number of rotatable bonds is 5. The first-order valence-electron chi connectivity index (χ1n) is 7.40. The molecule has 0 amide bonds. The van der Waals surface area contributed by atoms with Gasteiger partial charge in [0.15, 0.2) is 0 Å². The zero-order valence-electron chi connectivity index (χ0n) is 13.4. The first kappa shape index (κ1) is 16.2. The summed E-state index contributed by atoms with van der Waals surface area (Å²) in [6, 6.07) is 7.24. The van der Waals surface area contributed by atoms with Gasteiger partial charge in [-0.05, 0) is 68.2 Å². The maximum absolute atomic E-state index is 4.50. The molecule has 0 radical (unpaired) electrons. The molecule has 2 rings (SSSR count). The molecule has 1 aromatic carbocycles. The number of benzene rings is 1. The van der Waals surface area contributed by atoms with Gasteiger partial charge in [0.05, 0.1) is 22.4 Å². The first-order chi connectivity index (χ1) is 9.93. The summed E-state index contributed by atoms with van der Waals surface area (Å²) >= 11 is 3.65. The van der Waals surface area contributed by atoms with Gasteiger partial charge in [-0.2, -0.15) is 5.10 Å². The fourth-order valence-electron chi connectivity index (χ4n) is 2.66. The monoisotopic (exact) mass is 349 g/mol. The number of nitrogens with one attached hydrogen (secondary N) is 1. The highest BCUT2D eigenvalue weighted by atomic mass is 79.9. The summed E-state index contributed by atoms with van der Waals surface area (Å²) in [5.74, 6) is 0. The van der Waals surface area contributed by atoms with Crippen molar-refractivity contribution in [2.75, 3.05) is 7.05 Å². The summed E-state index contributed by atoms with van der Waals surface area (Å²) in [5, 5.41) is 7.94. The van der Waals surface area contributed by atoms with Crippen molar-refractivity contribution in [2.45, 2.75) is 46.2 Å². The number of aryl methyl sites for hydroxylation is 2. The minimum Gasteiger partial charge on any atom is -0.311 e. The molecule has 0 aliphatic heterocycles. The largest absolute Gasteiger partial charge is 0.311 e. The molecule has 4 heteroatoms. The van der Waals surface area contributed by atoms with Gasteiger partial charge in [0.2, 0.25) is 0 Å². The third kappa shape index (κ3) is 3.55. The van der Waals surface area contributed by atoms with Gasteiger partial charge in [-0.1, -0.05) is 23.8 Å². The van der Waals surface area contributed by atoms with E-state index >= 15 is 0 Å². The molecular formula is C17H24BrN3. The summed E-state index contributed by atoms with van der Waals surface area (Å²) < 4.78 is 3.16. The van der Waals surface area contributed by atoms with Crippen molar-refractivity contribution in [2.24, 2.45) is 0 Å². The number of hydrogen-bond donors (Lipinski definition) is 1. The van der Waals surface area contributed by atoms with E-state index in [9.17, 15) is 0 Å². The lowest BCUT2D eigenvalue weighted by molar-refractivity contribution is 0.458. The predicted molar refractivity (Wildman–Crippen MR) is 91.7 cm³/mol. The van der Waals surface area contributed by atoms with Crippen molar-refractivity contribution in [1.82, 2.24) is 15.1 Å². The number of hydrogen-bond acceptors (Lipinski definition) is 2. The predicted octanol–water partition coefficient (Wildman–Crippen LogP) is 4.35. The zero-order valence-corrected chi connectivity index (χ0v) is 15.0. The van der Waals surface area contributed by atoms with Gasteiger partial charge < -0.3 is 5.32 Å². The number of nitrogens with zero attached hydrogens (tertiary/aromatic N) is 2. The molecular weight excluding hydrogens is 326 g/mol. The highest BCUT2D eigenvalue weighted by Crippen LogP contribution is 2.29. The highest BCUT2D eigenvalue weighted by molar-refractivity contribution is 9.10. The van der Waals surface area contributed by atoms with E-state index in [1.807, 2.05) is 13.2 Å². The molecule has 0 spiro atoms. The maximum atomic E-state index is 4.50. The van der Waals surface area contributed by atoms with E-state index in [2.05, 4.69) is 76.9 Å². The molecule has 1 atom stereocenters. The third-order valence-corrected chi connectivity index (χ3v) is 4.49. The van der Waals surface area contributed by atoms with Crippen LogP contribution >= 0.6 is 15.9 Å². The van der Waals surface area contributed by atoms with Crippen LogP contribution in [0.4, 0.5) is 0 Å². The highest BCUT2D eigenvalue weighted by Gasteiger charge is 2.21. The van der Waals surface area contributed by atoms with Gasteiger partial charge in [0, 0.05) is 6.04 Å². The van der Waals surface area contributed by atoms with Crippen molar-refractivity contribution < 1.29 is 0 Å². The Bertz CT molecular complexity index is 616. The van der Waals surface area contributed by atoms with Crippen molar-refractivity contribution in [3.63, 3.8) is 0 Å². The van der Waals surface area contributed by atoms with Gasteiger partial charge in [0.25, 0.3) is 0 Å². The Labute approximate surface area is 135 Å². The van der Waals surface area contributed by atoms with Gasteiger partial charge in [-0.25, -0.2) is 0 Å². The molecule has 0 saturated heterocycles. The summed E-state index contributed by atoms with van der Waals surface area (Å²) in [6.07, 6.45) is 2.85. The van der Waals surface area contributed by atoms with Crippen molar-refractivity contribution >= 4 is 15.9 Å². The van der Waals surface area contributed by atoms with E-state index in [0.29, 0.717) is 6.04 Å². The van der Waals surface area contributed by atoms with E-state index in [0.717, 1.165) is 10.9 Å². The zero-order chi connectivity index (χ0) is 15.6. The molecule has 2 aromatic rings. The second kappa shape index (κ2) is 6.75. The van der Waals surface area contributed by atoms with Crippen LogP contribution in [0.1, 0.15) is 48.3 Å². The van der Waals surface area contributed by atoms with E-state index in [-0.39, 0.29) is 6.04 Å². The van der Waals surface area contributed by atoms with Crippen LogP contribution in [0.2, 0.25) is 0 Å². The molecule has 1 N–H and O–H groups in total. The van der Waals surface area contributed by atoms with Crippen molar-refractivity contribution in [1.29, 1.82) is 0 Å². The van der Waals surface area contributed by atoms with Crippen LogP contribution in [-0.2, 0) is 6.42 Å². The summed E-state index contributed by atoms with van der Waals surface area (Å²) in [6.45, 7) is 8.64. The second-order valence-electron chi connectivity index (χ2n) is 5.89. The lowest BCUT2D eigenvalue weighted by Crippen LogP contribution is -2.24. The van der Waals surface area contributed by atoms with Crippen molar-refractivity contribution in [3.8, 4) is 0 Å². The molecule has 114 valence electrons. The molecule has 3 nitrogen and oxygen atoms in total. The standard InChI is InChI=1S/C17H24BrN3/c1-11(2)21-17(15(18)10-20-21)16(19-5)9-14-8-12(3)6-7-13(14)4/h6-8,10-11,16,19H,9H2,1-5H3. The SMILES string of the molecule is CNC(Cc1cc(C)ccc1C)c1c(Br)cnn1C(C)C. The fraction of sp³-hybridized carbons (Fsp3) is 0.471. The van der Waals surface area contributed by atoms with E-state index in [1.54, 1.807) is 0 Å². The fourth-order valence-corrected chi connectivity index (χ4v) is 3.21. The molecule has 0 aliphatic carbocycles. The Hall–Kier alpha value is -1.13. The molecule has 0 fully saturated rings. The Balaban J connectivity index is 2.37. The van der Waals surface area contributed by atoms with Gasteiger partial charge in [0.1, 0.15) is 0 Å². The maximum Gasteiger partial charge on any atom is 0.0702 e. The van der Waals surface area contributed by atoms with Crippen LogP contribution in [0.15, 0.2) is 28.9 Å². The molecule has 1 unspecified atom stereocenters. The van der Waals surface area contributed by atoms with Crippen LogP contribution in [0.3, 0.4) is 0 Å². The van der Waals surface area contributed by atoms with Crippen LogP contribution in [0, 0.1) is 13.8 Å². The van der Waals surface area contributed by atoms with Crippen LogP contribution in [-0.4, -0.2) is 16.8 Å². The molecule has 1 aromatic heterocycles. The Kier molecular flexibility index (Phi) is 5.22.